The molecule has 1 amide bonds. The number of amides is 1. The van der Waals surface area contributed by atoms with E-state index in [1.807, 2.05) is 0 Å². The van der Waals surface area contributed by atoms with Crippen molar-refractivity contribution in [1.29, 1.82) is 0 Å². The number of nitrogens with zero attached hydrogens (tertiary/aromatic N) is 3. The van der Waals surface area contributed by atoms with Crippen LogP contribution in [0.5, 0.6) is 0 Å². The van der Waals surface area contributed by atoms with Gasteiger partial charge in [-0.05, 0) is 59.7 Å². The smallest absolute Gasteiger partial charge is 0.267 e. The van der Waals surface area contributed by atoms with Crippen LogP contribution in [-0.4, -0.2) is 25.5 Å². The van der Waals surface area contributed by atoms with Crippen molar-refractivity contribution in [2.24, 2.45) is 5.10 Å². The Morgan fingerprint density at radius 2 is 1.60 bits per heavy atom. The maximum Gasteiger partial charge on any atom is 0.271 e. The van der Waals surface area contributed by atoms with E-state index in [0.717, 1.165) is 5.56 Å². The summed E-state index contributed by atoms with van der Waals surface area (Å²) in [4.78, 5) is 16.8. The van der Waals surface area contributed by atoms with Gasteiger partial charge in [0.2, 0.25) is 0 Å². The number of nitrogens with one attached hydrogen (secondary N) is 1. The lowest BCUT2D eigenvalue weighted by molar-refractivity contribution is 0.0955. The molecule has 0 aliphatic rings. The summed E-state index contributed by atoms with van der Waals surface area (Å²) in [6.07, 6.45) is 3.06. The molecule has 0 unspecified atom stereocenters. The summed E-state index contributed by atoms with van der Waals surface area (Å²) >= 11 is 5.86. The van der Waals surface area contributed by atoms with E-state index in [9.17, 15) is 13.2 Å². The second-order valence-corrected chi connectivity index (χ2v) is 9.76. The van der Waals surface area contributed by atoms with E-state index in [0.29, 0.717) is 22.0 Å². The zero-order valence-corrected chi connectivity index (χ0v) is 20.0. The molecule has 0 fully saturated rings. The number of halogens is 1. The Labute approximate surface area is 208 Å². The van der Waals surface area contributed by atoms with Crippen LogP contribution in [0.1, 0.15) is 21.5 Å². The van der Waals surface area contributed by atoms with Crippen molar-refractivity contribution in [3.8, 4) is 0 Å². The highest BCUT2D eigenvalue weighted by Crippen LogP contribution is 2.24. The number of carbonyl (C=O) groups excluding carboxylic acids is 1. The fraction of sp³-hybridized carbons (Fsp3) is 0.0385. The third-order valence-electron chi connectivity index (χ3n) is 5.03. The molecule has 0 aliphatic heterocycles. The van der Waals surface area contributed by atoms with Gasteiger partial charge in [0.15, 0.2) is 0 Å². The number of hydrogen-bond acceptors (Lipinski definition) is 5. The number of pyridine rings is 1. The van der Waals surface area contributed by atoms with Gasteiger partial charge < -0.3 is 0 Å². The van der Waals surface area contributed by atoms with Crippen LogP contribution in [0.25, 0.3) is 0 Å². The van der Waals surface area contributed by atoms with Crippen molar-refractivity contribution in [3.05, 3.63) is 125 Å². The van der Waals surface area contributed by atoms with Crippen molar-refractivity contribution in [2.75, 3.05) is 4.31 Å². The van der Waals surface area contributed by atoms with Gasteiger partial charge in [-0.15, -0.1) is 0 Å². The number of hydrazone groups is 1. The molecule has 0 radical (unpaired) electrons. The molecule has 35 heavy (non-hydrogen) atoms. The van der Waals surface area contributed by atoms with Crippen LogP contribution in [0.2, 0.25) is 5.02 Å². The van der Waals surface area contributed by atoms with Gasteiger partial charge in [0, 0.05) is 16.8 Å². The molecule has 4 aromatic rings. The van der Waals surface area contributed by atoms with Crippen LogP contribution >= 0.6 is 11.6 Å². The van der Waals surface area contributed by atoms with Crippen LogP contribution in [0, 0.1) is 0 Å². The average molecular weight is 505 g/mol. The molecular formula is C26H21ClN4O3S. The normalized spacial score (nSPS) is 11.3. The zero-order valence-electron chi connectivity index (χ0n) is 18.5. The van der Waals surface area contributed by atoms with E-state index in [4.69, 9.17) is 11.6 Å². The Balaban J connectivity index is 1.50. The van der Waals surface area contributed by atoms with Crippen LogP contribution in [0.15, 0.2) is 113 Å². The Bertz CT molecular complexity index is 1410. The Kier molecular flexibility index (Phi) is 7.54. The van der Waals surface area contributed by atoms with Crippen LogP contribution < -0.4 is 9.73 Å². The van der Waals surface area contributed by atoms with Gasteiger partial charge >= 0.3 is 0 Å². The highest BCUT2D eigenvalue weighted by Gasteiger charge is 2.26. The van der Waals surface area contributed by atoms with Crippen LogP contribution in [0.3, 0.4) is 0 Å². The Hall–Kier alpha value is -4.01. The van der Waals surface area contributed by atoms with E-state index in [2.05, 4.69) is 15.5 Å². The minimum atomic E-state index is -3.86. The predicted octanol–water partition coefficient (Wildman–Crippen LogP) is 4.89. The second kappa shape index (κ2) is 10.9. The lowest BCUT2D eigenvalue weighted by atomic mass is 10.1. The average Bonchev–Trinajstić information content (AvgIpc) is 2.89. The predicted molar refractivity (Wildman–Crippen MR) is 137 cm³/mol. The summed E-state index contributed by atoms with van der Waals surface area (Å²) in [6, 6.07) is 27.0. The molecule has 0 saturated carbocycles. The Morgan fingerprint density at radius 3 is 2.26 bits per heavy atom. The number of aromatic nitrogens is 1. The van der Waals surface area contributed by atoms with Crippen molar-refractivity contribution < 1.29 is 13.2 Å². The molecule has 7 nitrogen and oxygen atoms in total. The van der Waals surface area contributed by atoms with Crippen molar-refractivity contribution in [3.63, 3.8) is 0 Å². The zero-order chi connectivity index (χ0) is 24.7. The molecule has 3 aromatic carbocycles. The van der Waals surface area contributed by atoms with Gasteiger partial charge in [0.05, 0.1) is 17.7 Å². The summed E-state index contributed by atoms with van der Waals surface area (Å²) < 4.78 is 28.0. The molecule has 1 N–H and O–H groups in total. The summed E-state index contributed by atoms with van der Waals surface area (Å²) in [5, 5.41) is 4.58. The third kappa shape index (κ3) is 6.11. The number of hydrogen-bond donors (Lipinski definition) is 1. The van der Waals surface area contributed by atoms with E-state index < -0.39 is 10.0 Å². The molecule has 1 aromatic heterocycles. The maximum absolute atomic E-state index is 13.4. The van der Waals surface area contributed by atoms with Gasteiger partial charge in [-0.3, -0.25) is 4.79 Å². The second-order valence-electron chi connectivity index (χ2n) is 7.46. The van der Waals surface area contributed by atoms with E-state index in [1.165, 1.54) is 10.5 Å². The molecule has 0 aliphatic carbocycles. The van der Waals surface area contributed by atoms with Gasteiger partial charge in [0.1, 0.15) is 5.82 Å². The molecule has 0 spiro atoms. The first kappa shape index (κ1) is 24.1. The summed E-state index contributed by atoms with van der Waals surface area (Å²) in [7, 11) is -3.86. The largest absolute Gasteiger partial charge is 0.271 e. The lowest BCUT2D eigenvalue weighted by Gasteiger charge is -2.23. The fourth-order valence-electron chi connectivity index (χ4n) is 3.22. The fourth-order valence-corrected chi connectivity index (χ4v) is 4.77. The molecule has 4 rings (SSSR count). The molecule has 1 heterocycles. The van der Waals surface area contributed by atoms with E-state index >= 15 is 0 Å². The van der Waals surface area contributed by atoms with E-state index in [1.54, 1.807) is 103 Å². The molecular weight excluding hydrogens is 484 g/mol. The first-order valence-corrected chi connectivity index (χ1v) is 12.4. The molecule has 176 valence electrons. The Morgan fingerprint density at radius 1 is 0.914 bits per heavy atom. The van der Waals surface area contributed by atoms with Gasteiger partial charge in [-0.1, -0.05) is 60.1 Å². The summed E-state index contributed by atoms with van der Waals surface area (Å²) in [5.74, 6) is -0.0880. The molecule has 0 saturated heterocycles. The number of anilines is 1. The van der Waals surface area contributed by atoms with E-state index in [-0.39, 0.29) is 17.3 Å². The lowest BCUT2D eigenvalue weighted by Crippen LogP contribution is -2.31. The number of benzene rings is 3. The standard InChI is InChI=1S/C26H21ClN4O3S/c27-23-15-11-20(12-16-23)18-29-30-26(32)22-13-9-21(10-14-22)19-31(25-8-4-5-17-28-25)35(33,34)24-6-2-1-3-7-24/h1-18H,19H2,(H,30,32)/b29-18-. The summed E-state index contributed by atoms with van der Waals surface area (Å²) in [6.45, 7) is 0.0465. The van der Waals surface area contributed by atoms with Gasteiger partial charge in [-0.25, -0.2) is 23.1 Å². The van der Waals surface area contributed by atoms with Gasteiger partial charge in [0.25, 0.3) is 15.9 Å². The quantitative estimate of drug-likeness (QED) is 0.273. The minimum absolute atomic E-state index is 0.0465. The SMILES string of the molecule is O=C(N/N=C\c1ccc(Cl)cc1)c1ccc(CN(c2ccccn2)S(=O)(=O)c2ccccc2)cc1. The topological polar surface area (TPSA) is 91.7 Å². The minimum Gasteiger partial charge on any atom is -0.267 e. The summed E-state index contributed by atoms with van der Waals surface area (Å²) in [5.41, 5.74) is 4.34. The highest BCUT2D eigenvalue weighted by molar-refractivity contribution is 7.92. The highest BCUT2D eigenvalue weighted by atomic mass is 35.5. The van der Waals surface area contributed by atoms with Crippen molar-refractivity contribution in [2.45, 2.75) is 11.4 Å². The van der Waals surface area contributed by atoms with Gasteiger partial charge in [-0.2, -0.15) is 5.10 Å². The number of rotatable bonds is 8. The number of carbonyl (C=O) groups is 1. The monoisotopic (exact) mass is 504 g/mol. The third-order valence-corrected chi connectivity index (χ3v) is 7.04. The van der Waals surface area contributed by atoms with Crippen molar-refractivity contribution in [1.82, 2.24) is 10.4 Å². The van der Waals surface area contributed by atoms with Crippen molar-refractivity contribution >= 4 is 39.6 Å². The van der Waals surface area contributed by atoms with Crippen LogP contribution in [0.4, 0.5) is 5.82 Å². The maximum atomic E-state index is 13.4. The first-order chi connectivity index (χ1) is 16.9. The molecule has 9 heteroatoms. The van der Waals surface area contributed by atoms with Crippen LogP contribution in [-0.2, 0) is 16.6 Å². The molecule has 0 atom stereocenters. The first-order valence-electron chi connectivity index (χ1n) is 10.6. The molecule has 0 bridgehead atoms. The number of sulfonamides is 1.